The van der Waals surface area contributed by atoms with Gasteiger partial charge in [0.25, 0.3) is 0 Å². The van der Waals surface area contributed by atoms with Crippen molar-refractivity contribution >= 4 is 0 Å². The van der Waals surface area contributed by atoms with Gasteiger partial charge >= 0.3 is 6.61 Å². The summed E-state index contributed by atoms with van der Waals surface area (Å²) in [5.74, 6) is 8.25. The monoisotopic (exact) mass is 466 g/mol. The number of rotatable bonds is 12. The molecule has 3 heteroatoms. The van der Waals surface area contributed by atoms with Gasteiger partial charge in [-0.15, -0.1) is 0 Å². The predicted molar refractivity (Wildman–Crippen MR) is 137 cm³/mol. The molecule has 2 aromatic rings. The summed E-state index contributed by atoms with van der Waals surface area (Å²) < 4.78 is 28.8. The van der Waals surface area contributed by atoms with Crippen molar-refractivity contribution in [2.75, 3.05) is 0 Å². The Balaban J connectivity index is 1.34. The van der Waals surface area contributed by atoms with Crippen LogP contribution < -0.4 is 4.74 Å². The Morgan fingerprint density at radius 2 is 1.26 bits per heavy atom. The van der Waals surface area contributed by atoms with Crippen molar-refractivity contribution in [3.8, 4) is 17.6 Å². The van der Waals surface area contributed by atoms with E-state index in [0.717, 1.165) is 29.4 Å². The average molecular weight is 467 g/mol. The van der Waals surface area contributed by atoms with Crippen LogP contribution in [0, 0.1) is 23.7 Å². The van der Waals surface area contributed by atoms with Crippen LogP contribution in [-0.2, 0) is 6.42 Å². The maximum Gasteiger partial charge on any atom is 0.387 e. The van der Waals surface area contributed by atoms with Crippen molar-refractivity contribution in [2.45, 2.75) is 97.0 Å². The molecule has 34 heavy (non-hydrogen) atoms. The van der Waals surface area contributed by atoms with Crippen LogP contribution in [0.4, 0.5) is 8.78 Å². The third-order valence-electron chi connectivity index (χ3n) is 7.16. The molecule has 1 nitrogen and oxygen atoms in total. The lowest BCUT2D eigenvalue weighted by Gasteiger charge is -2.28. The van der Waals surface area contributed by atoms with Gasteiger partial charge in [-0.25, -0.2) is 0 Å². The van der Waals surface area contributed by atoms with E-state index in [1.54, 1.807) is 12.1 Å². The Bertz CT molecular complexity index is 868. The van der Waals surface area contributed by atoms with E-state index in [9.17, 15) is 8.78 Å². The highest BCUT2D eigenvalue weighted by atomic mass is 19.3. The number of unbranched alkanes of at least 4 members (excludes halogenated alkanes) is 5. The van der Waals surface area contributed by atoms with Gasteiger partial charge in [-0.1, -0.05) is 102 Å². The number of alkyl halides is 2. The number of hydrogen-bond donors (Lipinski definition) is 0. The lowest BCUT2D eigenvalue weighted by molar-refractivity contribution is -0.0498. The summed E-state index contributed by atoms with van der Waals surface area (Å²) in [4.78, 5) is 0. The van der Waals surface area contributed by atoms with Crippen LogP contribution in [0.5, 0.6) is 5.75 Å². The van der Waals surface area contributed by atoms with Crippen LogP contribution in [0.1, 0.15) is 101 Å². The summed E-state index contributed by atoms with van der Waals surface area (Å²) in [6.45, 7) is -0.522. The lowest BCUT2D eigenvalue weighted by atomic mass is 9.77. The molecule has 0 spiro atoms. The molecule has 0 N–H and O–H groups in total. The Morgan fingerprint density at radius 3 is 1.85 bits per heavy atom. The number of aryl methyl sites for hydroxylation is 1. The summed E-state index contributed by atoms with van der Waals surface area (Å²) in [6, 6.07) is 15.0. The zero-order chi connectivity index (χ0) is 24.0. The largest absolute Gasteiger partial charge is 0.435 e. The van der Waals surface area contributed by atoms with E-state index in [-0.39, 0.29) is 5.75 Å². The molecular formula is C31H40F2O. The van der Waals surface area contributed by atoms with Gasteiger partial charge in [0.1, 0.15) is 5.75 Å². The number of hydrogen-bond acceptors (Lipinski definition) is 1. The molecular weight excluding hydrogens is 426 g/mol. The molecule has 0 bridgehead atoms. The molecule has 0 aliphatic heterocycles. The van der Waals surface area contributed by atoms with E-state index in [2.05, 4.69) is 47.8 Å². The third-order valence-corrected chi connectivity index (χ3v) is 7.16. The fraction of sp³-hybridized carbons (Fsp3) is 0.548. The fourth-order valence-electron chi connectivity index (χ4n) is 5.01. The molecule has 0 heterocycles. The molecule has 2 aromatic carbocycles. The predicted octanol–water partition coefficient (Wildman–Crippen LogP) is 9.18. The van der Waals surface area contributed by atoms with Crippen molar-refractivity contribution in [1.29, 1.82) is 0 Å². The van der Waals surface area contributed by atoms with Gasteiger partial charge in [0.05, 0.1) is 0 Å². The van der Waals surface area contributed by atoms with E-state index in [0.29, 0.717) is 0 Å². The Morgan fingerprint density at radius 1 is 0.735 bits per heavy atom. The molecule has 1 aliphatic carbocycles. The highest BCUT2D eigenvalue weighted by Gasteiger charge is 2.20. The zero-order valence-corrected chi connectivity index (χ0v) is 20.7. The number of benzene rings is 2. The van der Waals surface area contributed by atoms with Crippen molar-refractivity contribution < 1.29 is 13.5 Å². The standard InChI is InChI=1S/C31H40F2O/c1-2-3-4-5-6-7-8-25-9-11-26(12-10-25)13-14-27-15-17-28(18-16-27)19-20-29-21-23-30(24-22-29)34-31(32)33/h15-18,21-26,31H,2-14H2,1H3/t25-,26-. The topological polar surface area (TPSA) is 9.23 Å². The first-order chi connectivity index (χ1) is 16.6. The van der Waals surface area contributed by atoms with Gasteiger partial charge in [-0.2, -0.15) is 8.78 Å². The molecule has 184 valence electrons. The van der Waals surface area contributed by atoms with Crippen LogP contribution in [0.15, 0.2) is 48.5 Å². The summed E-state index contributed by atoms with van der Waals surface area (Å²) in [6.07, 6.45) is 18.0. The first kappa shape index (κ1) is 26.3. The van der Waals surface area contributed by atoms with Crippen molar-refractivity contribution in [2.24, 2.45) is 11.8 Å². The normalized spacial score (nSPS) is 17.9. The lowest BCUT2D eigenvalue weighted by Crippen LogP contribution is -2.15. The molecule has 0 atom stereocenters. The van der Waals surface area contributed by atoms with Crippen LogP contribution in [0.3, 0.4) is 0 Å². The minimum Gasteiger partial charge on any atom is -0.435 e. The fourth-order valence-corrected chi connectivity index (χ4v) is 5.01. The van der Waals surface area contributed by atoms with Gasteiger partial charge in [-0.3, -0.25) is 0 Å². The molecule has 1 fully saturated rings. The summed E-state index contributed by atoms with van der Waals surface area (Å²) in [5, 5.41) is 0. The summed E-state index contributed by atoms with van der Waals surface area (Å²) >= 11 is 0. The van der Waals surface area contributed by atoms with Crippen LogP contribution in [0.2, 0.25) is 0 Å². The second kappa shape index (κ2) is 14.8. The summed E-state index contributed by atoms with van der Waals surface area (Å²) in [7, 11) is 0. The van der Waals surface area contributed by atoms with Gasteiger partial charge < -0.3 is 4.74 Å². The van der Waals surface area contributed by atoms with E-state index in [1.807, 2.05) is 0 Å². The molecule has 0 amide bonds. The van der Waals surface area contributed by atoms with Crippen molar-refractivity contribution in [3.05, 3.63) is 65.2 Å². The minimum atomic E-state index is -2.81. The number of halogens is 2. The minimum absolute atomic E-state index is 0.149. The Hall–Kier alpha value is -2.34. The smallest absolute Gasteiger partial charge is 0.387 e. The van der Waals surface area contributed by atoms with Gasteiger partial charge in [-0.05, 0) is 66.6 Å². The highest BCUT2D eigenvalue weighted by Crippen LogP contribution is 2.34. The Labute approximate surface area is 205 Å². The van der Waals surface area contributed by atoms with E-state index in [1.165, 1.54) is 94.7 Å². The Kier molecular flexibility index (Phi) is 11.5. The molecule has 0 aromatic heterocycles. The van der Waals surface area contributed by atoms with Crippen molar-refractivity contribution in [1.82, 2.24) is 0 Å². The maximum absolute atomic E-state index is 12.2. The molecule has 1 saturated carbocycles. The van der Waals surface area contributed by atoms with Gasteiger partial charge in [0.2, 0.25) is 0 Å². The van der Waals surface area contributed by atoms with Crippen molar-refractivity contribution in [3.63, 3.8) is 0 Å². The third kappa shape index (κ3) is 9.88. The number of ether oxygens (including phenoxy) is 1. The van der Waals surface area contributed by atoms with Crippen LogP contribution in [0.25, 0.3) is 0 Å². The first-order valence-corrected chi connectivity index (χ1v) is 13.3. The maximum atomic E-state index is 12.2. The molecule has 3 rings (SSSR count). The molecule has 0 radical (unpaired) electrons. The van der Waals surface area contributed by atoms with Crippen LogP contribution >= 0.6 is 0 Å². The molecule has 0 saturated heterocycles. The molecule has 1 aliphatic rings. The zero-order valence-electron chi connectivity index (χ0n) is 20.7. The first-order valence-electron chi connectivity index (χ1n) is 13.3. The van der Waals surface area contributed by atoms with E-state index < -0.39 is 6.61 Å². The highest BCUT2D eigenvalue weighted by molar-refractivity contribution is 5.44. The second-order valence-corrected chi connectivity index (χ2v) is 9.83. The average Bonchev–Trinajstić information content (AvgIpc) is 2.85. The summed E-state index contributed by atoms with van der Waals surface area (Å²) in [5.41, 5.74) is 3.12. The SMILES string of the molecule is CCCCCCCC[C@H]1CC[C@H](CCc2ccc(C#Cc3ccc(OC(F)F)cc3)cc2)CC1. The molecule has 0 unspecified atom stereocenters. The quantitative estimate of drug-likeness (QED) is 0.224. The van der Waals surface area contributed by atoms with Gasteiger partial charge in [0.15, 0.2) is 0 Å². The van der Waals surface area contributed by atoms with E-state index >= 15 is 0 Å². The van der Waals surface area contributed by atoms with E-state index in [4.69, 9.17) is 0 Å². The van der Waals surface area contributed by atoms with Gasteiger partial charge in [0, 0.05) is 11.1 Å². The van der Waals surface area contributed by atoms with Crippen LogP contribution in [-0.4, -0.2) is 6.61 Å². The second-order valence-electron chi connectivity index (χ2n) is 9.83.